The third-order valence-corrected chi connectivity index (χ3v) is 10.3. The quantitative estimate of drug-likeness (QED) is 0.233. The molecule has 0 spiro atoms. The van der Waals surface area contributed by atoms with E-state index >= 15 is 0 Å². The maximum absolute atomic E-state index is 12.2. The van der Waals surface area contributed by atoms with Gasteiger partial charge in [-0.3, -0.25) is 0 Å². The minimum atomic E-state index is -0.459. The van der Waals surface area contributed by atoms with Crippen LogP contribution in [0.15, 0.2) is 12.2 Å². The highest BCUT2D eigenvalue weighted by Gasteiger charge is 2.43. The lowest BCUT2D eigenvalue weighted by atomic mass is 9.63. The predicted molar refractivity (Wildman–Crippen MR) is 173 cm³/mol. The molecule has 0 aromatic carbocycles. The molecule has 0 atom stereocenters. The molecule has 4 fully saturated rings. The number of hydrogen-bond acceptors (Lipinski definition) is 6. The van der Waals surface area contributed by atoms with Gasteiger partial charge in [0.05, 0.1) is 6.07 Å². The summed E-state index contributed by atoms with van der Waals surface area (Å²) in [5, 5.41) is 8.96. The molecule has 8 heteroatoms. The van der Waals surface area contributed by atoms with E-state index in [0.29, 0.717) is 24.9 Å². The van der Waals surface area contributed by atoms with E-state index in [9.17, 15) is 14.4 Å². The van der Waals surface area contributed by atoms with E-state index in [2.05, 4.69) is 12.1 Å². The lowest BCUT2D eigenvalue weighted by Gasteiger charge is -2.46. The van der Waals surface area contributed by atoms with Gasteiger partial charge >= 0.3 is 12.2 Å². The topological polar surface area (TPSA) is 99.9 Å². The molecule has 0 bridgehead atoms. The predicted octanol–water partition coefficient (Wildman–Crippen LogP) is 8.45. The number of rotatable bonds is 4. The van der Waals surface area contributed by atoms with Crippen LogP contribution >= 0.6 is 0 Å². The van der Waals surface area contributed by atoms with Crippen molar-refractivity contribution >= 4 is 18.5 Å². The monoisotopic (exact) mass is 613 g/mol. The van der Waals surface area contributed by atoms with Crippen LogP contribution in [0, 0.1) is 34.0 Å². The van der Waals surface area contributed by atoms with E-state index in [1.165, 1.54) is 70.5 Å². The van der Waals surface area contributed by atoms with Crippen molar-refractivity contribution in [3.8, 4) is 6.07 Å². The van der Waals surface area contributed by atoms with Crippen molar-refractivity contribution in [2.24, 2.45) is 22.7 Å². The lowest BCUT2D eigenvalue weighted by molar-refractivity contribution is -0.123. The molecule has 4 rings (SSSR count). The van der Waals surface area contributed by atoms with E-state index in [4.69, 9.17) is 14.7 Å². The molecule has 0 radical (unpaired) electrons. The number of aldehydes is 1. The highest BCUT2D eigenvalue weighted by molar-refractivity contribution is 5.69. The Morgan fingerprint density at radius 3 is 1.39 bits per heavy atom. The Bertz CT molecular complexity index is 1010. The molecule has 0 aromatic rings. The number of likely N-dealkylation sites (tertiary alicyclic amines) is 2. The number of piperidine rings is 2. The van der Waals surface area contributed by atoms with Gasteiger partial charge < -0.3 is 24.1 Å². The number of allylic oxidation sites excluding steroid dienone is 2. The molecule has 2 amide bonds. The van der Waals surface area contributed by atoms with E-state index in [1.807, 2.05) is 46.4 Å². The number of ether oxygens (including phenoxy) is 2. The fourth-order valence-corrected chi connectivity index (χ4v) is 7.76. The van der Waals surface area contributed by atoms with Crippen LogP contribution < -0.4 is 0 Å². The second-order valence-electron chi connectivity index (χ2n) is 15.7. The molecule has 0 N–H and O–H groups in total. The first kappa shape index (κ1) is 35.9. The fourth-order valence-electron chi connectivity index (χ4n) is 7.76. The molecule has 2 heterocycles. The average molecular weight is 614 g/mol. The lowest BCUT2D eigenvalue weighted by Crippen LogP contribution is -2.48. The Morgan fingerprint density at radius 1 is 0.682 bits per heavy atom. The van der Waals surface area contributed by atoms with Crippen LogP contribution in [0.1, 0.15) is 131 Å². The summed E-state index contributed by atoms with van der Waals surface area (Å²) >= 11 is 0. The number of carbonyl (C=O) groups excluding carboxylic acids is 3. The van der Waals surface area contributed by atoms with E-state index < -0.39 is 11.2 Å². The van der Waals surface area contributed by atoms with Gasteiger partial charge in [-0.25, -0.2) is 9.59 Å². The van der Waals surface area contributed by atoms with Crippen LogP contribution in [-0.4, -0.2) is 65.7 Å². The highest BCUT2D eigenvalue weighted by atomic mass is 16.6. The third kappa shape index (κ3) is 10.2. The van der Waals surface area contributed by atoms with Crippen molar-refractivity contribution in [2.75, 3.05) is 26.2 Å². The van der Waals surface area contributed by atoms with Crippen LogP contribution in [-0.2, 0) is 14.3 Å². The molecule has 0 unspecified atom stereocenters. The van der Waals surface area contributed by atoms with Crippen molar-refractivity contribution < 1.29 is 23.9 Å². The van der Waals surface area contributed by atoms with Gasteiger partial charge in [0.1, 0.15) is 17.5 Å². The standard InChI is InChI=1S/C19H30N2O2.C17H29NO3/c1-18(2,3)23-17(22)21-14-11-19(12-15-21,10-7-13-20)16-8-5-4-6-9-16;1-16(2,3)21-15(20)18-11-9-17(13-19,10-12-18)14-7-5-4-6-8-14/h7,10,16H,4-6,8-9,11-12,14-15H2,1-3H3;13-14H,4-12H2,1-3H3/b10-7+;. The summed E-state index contributed by atoms with van der Waals surface area (Å²) in [5.74, 6) is 1.17. The molecule has 0 aromatic heterocycles. The van der Waals surface area contributed by atoms with Crippen LogP contribution in [0.3, 0.4) is 0 Å². The zero-order valence-corrected chi connectivity index (χ0v) is 28.5. The van der Waals surface area contributed by atoms with Crippen molar-refractivity contribution in [1.29, 1.82) is 5.26 Å². The minimum Gasteiger partial charge on any atom is -0.444 e. The fraction of sp³-hybridized carbons (Fsp3) is 0.833. The van der Waals surface area contributed by atoms with Gasteiger partial charge in [0.15, 0.2) is 0 Å². The molecule has 8 nitrogen and oxygen atoms in total. The van der Waals surface area contributed by atoms with Gasteiger partial charge in [-0.2, -0.15) is 5.26 Å². The minimum absolute atomic E-state index is 0.0919. The molecule has 2 aliphatic carbocycles. The second-order valence-corrected chi connectivity index (χ2v) is 15.7. The SMILES string of the molecule is CC(C)(C)OC(=O)N1CCC(/C=C/C#N)(C2CCCCC2)CC1.CC(C)(C)OC(=O)N1CCC(C=O)(C2CCCCC2)CC1. The molecule has 2 saturated heterocycles. The van der Waals surface area contributed by atoms with Gasteiger partial charge in [-0.1, -0.05) is 44.6 Å². The summed E-state index contributed by atoms with van der Waals surface area (Å²) in [4.78, 5) is 39.7. The first-order valence-corrected chi connectivity index (χ1v) is 17.2. The maximum Gasteiger partial charge on any atom is 0.410 e. The zero-order valence-electron chi connectivity index (χ0n) is 28.5. The average Bonchev–Trinajstić information content (AvgIpc) is 3.00. The molecule has 248 valence electrons. The summed E-state index contributed by atoms with van der Waals surface area (Å²) in [6, 6.07) is 2.16. The largest absolute Gasteiger partial charge is 0.444 e. The number of carbonyl (C=O) groups is 3. The Balaban J connectivity index is 0.000000241. The summed E-state index contributed by atoms with van der Waals surface area (Å²) in [5.41, 5.74) is -1.01. The van der Waals surface area contributed by atoms with Crippen LogP contribution in [0.25, 0.3) is 0 Å². The molecule has 44 heavy (non-hydrogen) atoms. The number of nitrogens with zero attached hydrogens (tertiary/aromatic N) is 3. The summed E-state index contributed by atoms with van der Waals surface area (Å²) in [6.07, 6.45) is 20.5. The van der Waals surface area contributed by atoms with E-state index in [0.717, 1.165) is 38.8 Å². The van der Waals surface area contributed by atoms with E-state index in [-0.39, 0.29) is 23.0 Å². The Kier molecular flexibility index (Phi) is 12.8. The third-order valence-electron chi connectivity index (χ3n) is 10.3. The van der Waals surface area contributed by atoms with Gasteiger partial charge in [-0.15, -0.1) is 0 Å². The van der Waals surface area contributed by atoms with Crippen molar-refractivity contribution in [3.05, 3.63) is 12.2 Å². The number of nitriles is 1. The smallest absolute Gasteiger partial charge is 0.410 e. The zero-order chi connectivity index (χ0) is 32.4. The van der Waals surface area contributed by atoms with Gasteiger partial charge in [0.2, 0.25) is 0 Å². The van der Waals surface area contributed by atoms with Gasteiger partial charge in [0.25, 0.3) is 0 Å². The number of amides is 2. The second kappa shape index (κ2) is 15.6. The van der Waals surface area contributed by atoms with Gasteiger partial charge in [0, 0.05) is 37.7 Å². The molecule has 2 aliphatic heterocycles. The first-order valence-electron chi connectivity index (χ1n) is 17.2. The van der Waals surface area contributed by atoms with Crippen LogP contribution in [0.2, 0.25) is 0 Å². The van der Waals surface area contributed by atoms with Crippen molar-refractivity contribution in [3.63, 3.8) is 0 Å². The normalized spacial score (nSPS) is 23.2. The molecule has 2 saturated carbocycles. The van der Waals surface area contributed by atoms with Crippen molar-refractivity contribution in [1.82, 2.24) is 9.80 Å². The van der Waals surface area contributed by atoms with Crippen molar-refractivity contribution in [2.45, 2.75) is 143 Å². The molecular formula is C36H59N3O5. The van der Waals surface area contributed by atoms with Crippen LogP contribution in [0.4, 0.5) is 9.59 Å². The summed E-state index contributed by atoms with van der Waals surface area (Å²) in [7, 11) is 0. The maximum atomic E-state index is 12.2. The number of hydrogen-bond donors (Lipinski definition) is 0. The van der Waals surface area contributed by atoms with Crippen LogP contribution in [0.5, 0.6) is 0 Å². The molecular weight excluding hydrogens is 554 g/mol. The Hall–Kier alpha value is -2.56. The van der Waals surface area contributed by atoms with E-state index in [1.54, 1.807) is 11.0 Å². The first-order chi connectivity index (χ1) is 20.7. The van der Waals surface area contributed by atoms with Gasteiger partial charge in [-0.05, 0) is 110 Å². The summed E-state index contributed by atoms with van der Waals surface area (Å²) in [6.45, 7) is 14.1. The molecule has 4 aliphatic rings. The Labute approximate surface area is 266 Å². The summed E-state index contributed by atoms with van der Waals surface area (Å²) < 4.78 is 10.9. The Morgan fingerprint density at radius 2 is 1.05 bits per heavy atom. The highest BCUT2D eigenvalue weighted by Crippen LogP contribution is 2.47.